The molecule has 0 aliphatic rings. The average molecular weight is 447 g/mol. The lowest BCUT2D eigenvalue weighted by atomic mass is 10.1. The van der Waals surface area contributed by atoms with Gasteiger partial charge in [0.25, 0.3) is 0 Å². The summed E-state index contributed by atoms with van der Waals surface area (Å²) in [4.78, 5) is 14.0. The summed E-state index contributed by atoms with van der Waals surface area (Å²) in [6.45, 7) is 5.40. The summed E-state index contributed by atoms with van der Waals surface area (Å²) in [5.41, 5.74) is 3.19. The van der Waals surface area contributed by atoms with Crippen molar-refractivity contribution in [2.45, 2.75) is 20.8 Å². The van der Waals surface area contributed by atoms with E-state index in [0.717, 1.165) is 16.7 Å². The highest BCUT2D eigenvalue weighted by Crippen LogP contribution is 2.33. The first-order valence-corrected chi connectivity index (χ1v) is 10.5. The molecular formula is C28H21N3O3. The predicted molar refractivity (Wildman–Crippen MR) is 131 cm³/mol. The second kappa shape index (κ2) is 10.2. The van der Waals surface area contributed by atoms with E-state index >= 15 is 0 Å². The third-order valence-corrected chi connectivity index (χ3v) is 4.81. The maximum absolute atomic E-state index is 10.7. The monoisotopic (exact) mass is 447 g/mol. The van der Waals surface area contributed by atoms with Crippen molar-refractivity contribution in [3.8, 4) is 75.5 Å². The lowest BCUT2D eigenvalue weighted by Gasteiger charge is -2.10. The molecule has 3 aromatic carbocycles. The molecule has 166 valence electrons. The quantitative estimate of drug-likeness (QED) is 0.401. The Kier molecular flexibility index (Phi) is 6.72. The molecule has 0 spiro atoms. The number of benzene rings is 3. The Morgan fingerprint density at radius 1 is 0.647 bits per heavy atom. The van der Waals surface area contributed by atoms with Gasteiger partial charge in [-0.05, 0) is 43.3 Å². The summed E-state index contributed by atoms with van der Waals surface area (Å²) in [5, 5.41) is 10.7. The Hall–Kier alpha value is -4.81. The molecule has 4 aromatic rings. The summed E-state index contributed by atoms with van der Waals surface area (Å²) >= 11 is 0. The fourth-order valence-electron chi connectivity index (χ4n) is 3.11. The molecule has 0 aliphatic heterocycles. The zero-order valence-electron chi connectivity index (χ0n) is 19.0. The van der Waals surface area contributed by atoms with Crippen molar-refractivity contribution >= 4 is 0 Å². The zero-order valence-corrected chi connectivity index (χ0v) is 19.0. The van der Waals surface area contributed by atoms with E-state index in [9.17, 15) is 5.11 Å². The van der Waals surface area contributed by atoms with Crippen LogP contribution in [0.15, 0.2) is 66.7 Å². The van der Waals surface area contributed by atoms with Crippen molar-refractivity contribution in [3.05, 3.63) is 72.3 Å². The van der Waals surface area contributed by atoms with E-state index in [4.69, 9.17) is 14.5 Å². The first kappa shape index (κ1) is 22.4. The van der Waals surface area contributed by atoms with E-state index < -0.39 is 0 Å². The van der Waals surface area contributed by atoms with Crippen LogP contribution in [0.1, 0.15) is 19.4 Å². The number of ether oxygens (including phenoxy) is 2. The standard InChI is InChI=1S/C28H21N3O3/c1-4-16-33-22-12-10-21(11-13-22)27-29-26(20-8-6-19(3)7-9-20)30-28(31-27)24-15-14-23(18-25(24)32)34-17-5-2/h6-15,18,32H,1-3H3. The Bertz CT molecular complexity index is 1440. The molecule has 0 saturated heterocycles. The molecule has 4 rings (SSSR count). The number of aryl methyl sites for hydroxylation is 1. The van der Waals surface area contributed by atoms with E-state index in [1.54, 1.807) is 38.1 Å². The van der Waals surface area contributed by atoms with Gasteiger partial charge in [-0.15, -0.1) is 0 Å². The maximum atomic E-state index is 10.7. The Labute approximate surface area is 198 Å². The van der Waals surface area contributed by atoms with E-state index in [2.05, 4.69) is 34.0 Å². The summed E-state index contributed by atoms with van der Waals surface area (Å²) in [5.74, 6) is 7.66. The van der Waals surface area contributed by atoms with Gasteiger partial charge < -0.3 is 14.6 Å². The second-order valence-corrected chi connectivity index (χ2v) is 7.28. The third-order valence-electron chi connectivity index (χ3n) is 4.81. The minimum atomic E-state index is -0.0238. The molecule has 0 bridgehead atoms. The molecule has 1 N–H and O–H groups in total. The van der Waals surface area contributed by atoms with E-state index in [1.165, 1.54) is 6.07 Å². The van der Waals surface area contributed by atoms with Gasteiger partial charge in [-0.1, -0.05) is 41.7 Å². The molecule has 0 unspecified atom stereocenters. The first-order chi connectivity index (χ1) is 16.6. The molecule has 0 amide bonds. The van der Waals surface area contributed by atoms with E-state index in [-0.39, 0.29) is 5.75 Å². The number of aromatic nitrogens is 3. The summed E-state index contributed by atoms with van der Waals surface area (Å²) < 4.78 is 10.6. The van der Waals surface area contributed by atoms with Crippen molar-refractivity contribution in [3.63, 3.8) is 0 Å². The minimum Gasteiger partial charge on any atom is -0.507 e. The number of aromatic hydroxyl groups is 1. The molecule has 0 aliphatic carbocycles. The lowest BCUT2D eigenvalue weighted by Crippen LogP contribution is -2.00. The molecule has 6 heteroatoms. The Morgan fingerprint density at radius 2 is 1.15 bits per heavy atom. The highest BCUT2D eigenvalue weighted by atomic mass is 16.5. The molecule has 6 nitrogen and oxygen atoms in total. The maximum Gasteiger partial charge on any atom is 0.167 e. The lowest BCUT2D eigenvalue weighted by molar-refractivity contribution is 0.466. The van der Waals surface area contributed by atoms with Crippen LogP contribution >= 0.6 is 0 Å². The van der Waals surface area contributed by atoms with Gasteiger partial charge in [-0.25, -0.2) is 15.0 Å². The molecule has 0 atom stereocenters. The van der Waals surface area contributed by atoms with Crippen LogP contribution in [0, 0.1) is 31.0 Å². The van der Waals surface area contributed by atoms with Gasteiger partial charge in [-0.3, -0.25) is 0 Å². The molecule has 0 fully saturated rings. The van der Waals surface area contributed by atoms with Crippen molar-refractivity contribution in [1.29, 1.82) is 0 Å². The summed E-state index contributed by atoms with van der Waals surface area (Å²) in [7, 11) is 0. The molecule has 0 saturated carbocycles. The molecular weight excluding hydrogens is 426 g/mol. The van der Waals surface area contributed by atoms with Crippen molar-refractivity contribution in [2.24, 2.45) is 0 Å². The van der Waals surface area contributed by atoms with Gasteiger partial charge in [-0.2, -0.15) is 0 Å². The fraction of sp³-hybridized carbons (Fsp3) is 0.107. The highest BCUT2D eigenvalue weighted by Gasteiger charge is 2.15. The number of hydrogen-bond donors (Lipinski definition) is 1. The van der Waals surface area contributed by atoms with Crippen LogP contribution in [-0.2, 0) is 0 Å². The molecule has 0 radical (unpaired) electrons. The first-order valence-electron chi connectivity index (χ1n) is 10.5. The minimum absolute atomic E-state index is 0.0238. The van der Waals surface area contributed by atoms with Crippen LogP contribution < -0.4 is 9.47 Å². The van der Waals surface area contributed by atoms with Crippen molar-refractivity contribution in [2.75, 3.05) is 0 Å². The topological polar surface area (TPSA) is 77.4 Å². The SMILES string of the molecule is CC#COc1ccc(-c2nc(-c3ccc(C)cc3)nc(-c3ccc(OC#CC)cc3O)n2)cc1. The second-order valence-electron chi connectivity index (χ2n) is 7.28. The van der Waals surface area contributed by atoms with E-state index in [1.807, 2.05) is 43.3 Å². The van der Waals surface area contributed by atoms with Crippen LogP contribution in [0.2, 0.25) is 0 Å². The Morgan fingerprint density at radius 3 is 1.71 bits per heavy atom. The highest BCUT2D eigenvalue weighted by molar-refractivity contribution is 5.70. The third kappa shape index (κ3) is 5.15. The molecule has 34 heavy (non-hydrogen) atoms. The van der Waals surface area contributed by atoms with Gasteiger partial charge in [0.05, 0.1) is 5.56 Å². The molecule has 1 aromatic heterocycles. The van der Waals surface area contributed by atoms with Gasteiger partial charge in [0.1, 0.15) is 29.5 Å². The van der Waals surface area contributed by atoms with Crippen LogP contribution in [-0.4, -0.2) is 20.1 Å². The normalized spacial score (nSPS) is 9.85. The van der Waals surface area contributed by atoms with Crippen LogP contribution in [0.3, 0.4) is 0 Å². The molecule has 1 heterocycles. The number of phenols is 1. The van der Waals surface area contributed by atoms with Crippen molar-refractivity contribution in [1.82, 2.24) is 15.0 Å². The van der Waals surface area contributed by atoms with Crippen molar-refractivity contribution < 1.29 is 14.6 Å². The number of rotatable bonds is 5. The summed E-state index contributed by atoms with van der Waals surface area (Å²) in [6, 6.07) is 20.1. The fourth-order valence-corrected chi connectivity index (χ4v) is 3.11. The van der Waals surface area contributed by atoms with E-state index in [0.29, 0.717) is 34.5 Å². The average Bonchev–Trinajstić information content (AvgIpc) is 2.86. The van der Waals surface area contributed by atoms with Crippen LogP contribution in [0.4, 0.5) is 0 Å². The van der Waals surface area contributed by atoms with Crippen LogP contribution in [0.5, 0.6) is 17.2 Å². The van der Waals surface area contributed by atoms with Gasteiger partial charge in [0.2, 0.25) is 0 Å². The zero-order chi connectivity index (χ0) is 23.9. The number of phenolic OH excluding ortho intramolecular Hbond substituents is 1. The van der Waals surface area contributed by atoms with Crippen LogP contribution in [0.25, 0.3) is 34.2 Å². The number of hydrogen-bond acceptors (Lipinski definition) is 6. The number of nitrogens with zero attached hydrogens (tertiary/aromatic N) is 3. The van der Waals surface area contributed by atoms with Gasteiger partial charge in [0, 0.05) is 31.0 Å². The Balaban J connectivity index is 1.81. The summed E-state index contributed by atoms with van der Waals surface area (Å²) in [6.07, 6.45) is 5.09. The van der Waals surface area contributed by atoms with Gasteiger partial charge in [0.15, 0.2) is 17.5 Å². The van der Waals surface area contributed by atoms with Gasteiger partial charge >= 0.3 is 0 Å². The smallest absolute Gasteiger partial charge is 0.167 e. The predicted octanol–water partition coefficient (Wildman–Crippen LogP) is 5.61. The largest absolute Gasteiger partial charge is 0.507 e.